The molecule has 0 fully saturated rings. The Hall–Kier alpha value is -3.86. The van der Waals surface area contributed by atoms with Crippen LogP contribution in [-0.2, 0) is 32.3 Å². The molecule has 220 valence electrons. The lowest BCUT2D eigenvalue weighted by Gasteiger charge is -2.33. The van der Waals surface area contributed by atoms with Crippen LogP contribution >= 0.6 is 0 Å². The van der Waals surface area contributed by atoms with Crippen LogP contribution in [0, 0.1) is 6.92 Å². The van der Waals surface area contributed by atoms with Crippen molar-refractivity contribution in [1.82, 2.24) is 10.2 Å². The molecule has 11 heteroatoms. The van der Waals surface area contributed by atoms with Gasteiger partial charge in [-0.15, -0.1) is 0 Å². The second-order valence-electron chi connectivity index (χ2n) is 9.97. The quantitative estimate of drug-likeness (QED) is 0.318. The molecule has 1 N–H and O–H groups in total. The molecule has 0 aromatic heterocycles. The average Bonchev–Trinajstić information content (AvgIpc) is 2.91. The van der Waals surface area contributed by atoms with Crippen molar-refractivity contribution in [2.24, 2.45) is 0 Å². The van der Waals surface area contributed by atoms with Crippen LogP contribution in [0.25, 0.3) is 0 Å². The standard InChI is InChI=1S/C30H34F3N3O4S/c1-5-27(29(38)34-21(2)3)35(19-23-10-7-6-8-11-23)28(37)20-36(25-13-9-12-24(18-25)30(31,32)33)41(39,40)26-16-14-22(4)15-17-26/h6-18,21,27H,5,19-20H2,1-4H3,(H,34,38). The highest BCUT2D eigenvalue weighted by Gasteiger charge is 2.36. The van der Waals surface area contributed by atoms with Gasteiger partial charge in [-0.2, -0.15) is 13.2 Å². The molecule has 0 saturated carbocycles. The van der Waals surface area contributed by atoms with Gasteiger partial charge in [0.15, 0.2) is 0 Å². The third-order valence-electron chi connectivity index (χ3n) is 6.36. The second kappa shape index (κ2) is 13.2. The molecule has 0 radical (unpaired) electrons. The molecule has 0 aliphatic heterocycles. The molecule has 3 aromatic carbocycles. The molecule has 41 heavy (non-hydrogen) atoms. The van der Waals surface area contributed by atoms with E-state index in [0.717, 1.165) is 17.7 Å². The Balaban J connectivity index is 2.11. The van der Waals surface area contributed by atoms with Crippen LogP contribution in [0.15, 0.2) is 83.8 Å². The number of anilines is 1. The van der Waals surface area contributed by atoms with Crippen molar-refractivity contribution in [3.05, 3.63) is 95.6 Å². The number of hydrogen-bond donors (Lipinski definition) is 1. The number of nitrogens with one attached hydrogen (secondary N) is 1. The zero-order chi connectivity index (χ0) is 30.4. The molecule has 1 unspecified atom stereocenters. The summed E-state index contributed by atoms with van der Waals surface area (Å²) in [6, 6.07) is 17.3. The zero-order valence-electron chi connectivity index (χ0n) is 23.4. The smallest absolute Gasteiger partial charge is 0.352 e. The number of halogens is 3. The maximum atomic E-state index is 14.0. The Morgan fingerprint density at radius 2 is 1.56 bits per heavy atom. The maximum Gasteiger partial charge on any atom is 0.416 e. The van der Waals surface area contributed by atoms with Crippen molar-refractivity contribution < 1.29 is 31.2 Å². The summed E-state index contributed by atoms with van der Waals surface area (Å²) >= 11 is 0. The van der Waals surface area contributed by atoms with E-state index >= 15 is 0 Å². The zero-order valence-corrected chi connectivity index (χ0v) is 24.2. The van der Waals surface area contributed by atoms with Crippen LogP contribution in [0.4, 0.5) is 18.9 Å². The van der Waals surface area contributed by atoms with Crippen LogP contribution in [0.5, 0.6) is 0 Å². The Bertz CT molecular complexity index is 1440. The minimum Gasteiger partial charge on any atom is -0.352 e. The molecule has 0 saturated heterocycles. The summed E-state index contributed by atoms with van der Waals surface area (Å²) < 4.78 is 69.1. The van der Waals surface area contributed by atoms with Gasteiger partial charge >= 0.3 is 6.18 Å². The third kappa shape index (κ3) is 8.09. The van der Waals surface area contributed by atoms with Crippen LogP contribution in [0.1, 0.15) is 43.9 Å². The third-order valence-corrected chi connectivity index (χ3v) is 8.15. The van der Waals surface area contributed by atoms with E-state index in [9.17, 15) is 31.2 Å². The number of sulfonamides is 1. The minimum atomic E-state index is -4.74. The molecular formula is C30H34F3N3O4S. The van der Waals surface area contributed by atoms with Crippen LogP contribution in [0.3, 0.4) is 0 Å². The van der Waals surface area contributed by atoms with E-state index < -0.39 is 46.2 Å². The number of rotatable bonds is 11. The van der Waals surface area contributed by atoms with Gasteiger partial charge in [-0.3, -0.25) is 13.9 Å². The molecule has 0 heterocycles. The van der Waals surface area contributed by atoms with Gasteiger partial charge in [-0.05, 0) is 63.1 Å². The monoisotopic (exact) mass is 589 g/mol. The predicted molar refractivity (Wildman–Crippen MR) is 152 cm³/mol. The number of hydrogen-bond acceptors (Lipinski definition) is 4. The topological polar surface area (TPSA) is 86.8 Å². The summed E-state index contributed by atoms with van der Waals surface area (Å²) in [4.78, 5) is 28.2. The summed E-state index contributed by atoms with van der Waals surface area (Å²) in [5, 5.41) is 2.80. The molecule has 0 aliphatic carbocycles. The van der Waals surface area contributed by atoms with Crippen LogP contribution < -0.4 is 9.62 Å². The Morgan fingerprint density at radius 3 is 2.12 bits per heavy atom. The molecular weight excluding hydrogens is 555 g/mol. The second-order valence-corrected chi connectivity index (χ2v) is 11.8. The summed E-state index contributed by atoms with van der Waals surface area (Å²) in [5.41, 5.74) is 0.0915. The predicted octanol–water partition coefficient (Wildman–Crippen LogP) is 5.54. The number of benzene rings is 3. The first kappa shape index (κ1) is 31.7. The van der Waals surface area contributed by atoms with Crippen LogP contribution in [0.2, 0.25) is 0 Å². The summed E-state index contributed by atoms with van der Waals surface area (Å²) in [6.45, 7) is 6.21. The number of amides is 2. The molecule has 3 rings (SSSR count). The van der Waals surface area contributed by atoms with Crippen molar-refractivity contribution in [1.29, 1.82) is 0 Å². The van der Waals surface area contributed by atoms with Crippen molar-refractivity contribution in [3.8, 4) is 0 Å². The molecule has 2 amide bonds. The summed E-state index contributed by atoms with van der Waals surface area (Å²) in [5.74, 6) is -1.16. The number of carbonyl (C=O) groups is 2. The van der Waals surface area contributed by atoms with E-state index in [-0.39, 0.29) is 29.6 Å². The molecule has 0 bridgehead atoms. The highest BCUT2D eigenvalue weighted by molar-refractivity contribution is 7.92. The van der Waals surface area contributed by atoms with Gasteiger partial charge in [0.1, 0.15) is 12.6 Å². The number of carbonyl (C=O) groups excluding carboxylic acids is 2. The highest BCUT2D eigenvalue weighted by atomic mass is 32.2. The SMILES string of the molecule is CCC(C(=O)NC(C)C)N(Cc1ccccc1)C(=O)CN(c1cccc(C(F)(F)F)c1)S(=O)(=O)c1ccc(C)cc1. The average molecular weight is 590 g/mol. The van der Waals surface area contributed by atoms with Crippen molar-refractivity contribution >= 4 is 27.5 Å². The van der Waals surface area contributed by atoms with E-state index in [1.165, 1.54) is 23.1 Å². The van der Waals surface area contributed by atoms with Gasteiger partial charge < -0.3 is 10.2 Å². The Morgan fingerprint density at radius 1 is 0.927 bits per heavy atom. The molecule has 1 atom stereocenters. The van der Waals surface area contributed by atoms with Crippen LogP contribution in [-0.4, -0.2) is 43.8 Å². The maximum absolute atomic E-state index is 14.0. The first-order valence-corrected chi connectivity index (χ1v) is 14.6. The number of alkyl halides is 3. The Labute approximate surface area is 239 Å². The molecule has 0 aliphatic rings. The van der Waals surface area contributed by atoms with Gasteiger partial charge in [0.25, 0.3) is 10.0 Å². The van der Waals surface area contributed by atoms with E-state index in [2.05, 4.69) is 5.32 Å². The normalized spacial score (nSPS) is 12.6. The van der Waals surface area contributed by atoms with E-state index in [1.54, 1.807) is 70.2 Å². The van der Waals surface area contributed by atoms with Gasteiger partial charge in [0.05, 0.1) is 16.1 Å². The first-order chi connectivity index (χ1) is 19.2. The highest BCUT2D eigenvalue weighted by Crippen LogP contribution is 2.33. The van der Waals surface area contributed by atoms with Crippen molar-refractivity contribution in [2.45, 2.75) is 63.8 Å². The number of nitrogens with zero attached hydrogens (tertiary/aromatic N) is 2. The van der Waals surface area contributed by atoms with E-state index in [0.29, 0.717) is 15.9 Å². The van der Waals surface area contributed by atoms with Crippen molar-refractivity contribution in [3.63, 3.8) is 0 Å². The number of aryl methyl sites for hydroxylation is 1. The first-order valence-electron chi connectivity index (χ1n) is 13.1. The fourth-order valence-electron chi connectivity index (χ4n) is 4.28. The van der Waals surface area contributed by atoms with E-state index in [4.69, 9.17) is 0 Å². The lowest BCUT2D eigenvalue weighted by Crippen LogP contribution is -2.53. The van der Waals surface area contributed by atoms with Gasteiger partial charge in [0.2, 0.25) is 11.8 Å². The lowest BCUT2D eigenvalue weighted by molar-refractivity contribution is -0.140. The van der Waals surface area contributed by atoms with E-state index in [1.807, 2.05) is 0 Å². The minimum absolute atomic E-state index is 0.00922. The van der Waals surface area contributed by atoms with Gasteiger partial charge in [-0.1, -0.05) is 61.0 Å². The fraction of sp³-hybridized carbons (Fsp3) is 0.333. The fourth-order valence-corrected chi connectivity index (χ4v) is 5.69. The Kier molecular flexibility index (Phi) is 10.2. The largest absolute Gasteiger partial charge is 0.416 e. The summed E-state index contributed by atoms with van der Waals surface area (Å²) in [7, 11) is -4.49. The summed E-state index contributed by atoms with van der Waals surface area (Å²) in [6.07, 6.45) is -4.51. The molecule has 3 aromatic rings. The van der Waals surface area contributed by atoms with Gasteiger partial charge in [0, 0.05) is 12.6 Å². The lowest BCUT2D eigenvalue weighted by atomic mass is 10.1. The van der Waals surface area contributed by atoms with Gasteiger partial charge in [-0.25, -0.2) is 8.42 Å². The molecule has 0 spiro atoms. The van der Waals surface area contributed by atoms with Crippen molar-refractivity contribution in [2.75, 3.05) is 10.8 Å². The molecule has 7 nitrogen and oxygen atoms in total.